The van der Waals surface area contributed by atoms with Crippen molar-refractivity contribution in [3.63, 3.8) is 0 Å². The van der Waals surface area contributed by atoms with Gasteiger partial charge in [0.05, 0.1) is 35.4 Å². The van der Waals surface area contributed by atoms with Crippen molar-refractivity contribution in [2.75, 3.05) is 7.11 Å². The average Bonchev–Trinajstić information content (AvgIpc) is 3.49. The summed E-state index contributed by atoms with van der Waals surface area (Å²) in [5.74, 6) is 1.60. The average molecular weight is 487 g/mol. The van der Waals surface area contributed by atoms with Crippen LogP contribution < -0.4 is 10.1 Å². The number of aromatic nitrogens is 1. The molecule has 8 nitrogen and oxygen atoms in total. The summed E-state index contributed by atoms with van der Waals surface area (Å²) in [4.78, 5) is 17.4. The number of nitro benzene ring substituents is 1. The summed E-state index contributed by atoms with van der Waals surface area (Å²) in [6.45, 7) is 0.595. The van der Waals surface area contributed by atoms with Crippen molar-refractivity contribution in [3.05, 3.63) is 112 Å². The van der Waals surface area contributed by atoms with Crippen molar-refractivity contribution in [3.8, 4) is 17.1 Å². The van der Waals surface area contributed by atoms with Gasteiger partial charge in [-0.1, -0.05) is 36.4 Å². The summed E-state index contributed by atoms with van der Waals surface area (Å²) < 4.78 is 11.8. The van der Waals surface area contributed by atoms with Gasteiger partial charge in [0.25, 0.3) is 5.69 Å². The highest BCUT2D eigenvalue weighted by Gasteiger charge is 2.41. The van der Waals surface area contributed by atoms with Gasteiger partial charge in [-0.2, -0.15) is 0 Å². The lowest BCUT2D eigenvalue weighted by Crippen LogP contribution is -2.29. The number of hydrogen-bond donors (Lipinski definition) is 1. The fraction of sp³-hybridized carbons (Fsp3) is 0.154. The molecule has 35 heavy (non-hydrogen) atoms. The lowest BCUT2D eigenvalue weighted by molar-refractivity contribution is -0.384. The SMILES string of the molecule is COc1cc([N+](=O)[O-])ccc1-c1ccc([C@H]2[C@H](c3ccccn3)NC(=S)N2Cc2ccccc2)o1. The molecule has 0 unspecified atom stereocenters. The number of non-ortho nitro benzene ring substituents is 1. The van der Waals surface area contributed by atoms with Gasteiger partial charge in [-0.3, -0.25) is 15.1 Å². The van der Waals surface area contributed by atoms with Gasteiger partial charge in [-0.25, -0.2) is 0 Å². The van der Waals surface area contributed by atoms with E-state index in [1.165, 1.54) is 19.2 Å². The van der Waals surface area contributed by atoms with Crippen molar-refractivity contribution >= 4 is 23.0 Å². The Balaban J connectivity index is 1.54. The summed E-state index contributed by atoms with van der Waals surface area (Å²) in [5, 5.41) is 15.2. The Morgan fingerprint density at radius 2 is 1.91 bits per heavy atom. The molecule has 1 aliphatic rings. The smallest absolute Gasteiger partial charge is 0.273 e. The molecular weight excluding hydrogens is 464 g/mol. The predicted octanol–water partition coefficient (Wildman–Crippen LogP) is 5.43. The quantitative estimate of drug-likeness (QED) is 0.210. The molecule has 1 saturated heterocycles. The van der Waals surface area contributed by atoms with E-state index in [9.17, 15) is 10.1 Å². The molecule has 1 fully saturated rings. The molecule has 0 bridgehead atoms. The van der Waals surface area contributed by atoms with Crippen LogP contribution in [0.1, 0.15) is 29.1 Å². The maximum absolute atomic E-state index is 11.2. The van der Waals surface area contributed by atoms with E-state index in [-0.39, 0.29) is 17.8 Å². The number of nitrogens with zero attached hydrogens (tertiary/aromatic N) is 3. The van der Waals surface area contributed by atoms with Crippen molar-refractivity contribution in [1.82, 2.24) is 15.2 Å². The molecule has 176 valence electrons. The van der Waals surface area contributed by atoms with E-state index in [1.54, 1.807) is 12.3 Å². The van der Waals surface area contributed by atoms with Crippen LogP contribution >= 0.6 is 12.2 Å². The summed E-state index contributed by atoms with van der Waals surface area (Å²) in [6, 6.07) is 23.6. The summed E-state index contributed by atoms with van der Waals surface area (Å²) in [5.41, 5.74) is 2.54. The molecular formula is C26H22N4O4S. The van der Waals surface area contributed by atoms with Crippen LogP contribution in [0, 0.1) is 10.1 Å². The van der Waals surface area contributed by atoms with Gasteiger partial charge < -0.3 is 19.4 Å². The third-order valence-corrected chi connectivity index (χ3v) is 6.33. The lowest BCUT2D eigenvalue weighted by atomic mass is 10.0. The topological polar surface area (TPSA) is 93.7 Å². The molecule has 2 aromatic carbocycles. The van der Waals surface area contributed by atoms with E-state index in [4.69, 9.17) is 21.4 Å². The number of hydrogen-bond acceptors (Lipinski definition) is 6. The van der Waals surface area contributed by atoms with Gasteiger partial charge in [0.15, 0.2) is 5.11 Å². The first-order chi connectivity index (χ1) is 17.0. The third-order valence-electron chi connectivity index (χ3n) is 5.97. The van der Waals surface area contributed by atoms with Gasteiger partial charge in [0, 0.05) is 18.8 Å². The standard InChI is InChI=1S/C26H22N4O4S/c1-33-23-15-18(30(31)32)10-11-19(23)21-12-13-22(34-21)25-24(20-9-5-6-14-27-20)28-26(35)29(25)16-17-7-3-2-4-8-17/h2-15,24-25H,16H2,1H3,(H,28,35)/t24-,25-/m0/s1. The monoisotopic (exact) mass is 486 g/mol. The molecule has 3 heterocycles. The zero-order valence-electron chi connectivity index (χ0n) is 18.8. The first-order valence-corrected chi connectivity index (χ1v) is 11.4. The molecule has 4 aromatic rings. The number of pyridine rings is 1. The van der Waals surface area contributed by atoms with Crippen molar-refractivity contribution in [1.29, 1.82) is 0 Å². The molecule has 1 aliphatic heterocycles. The predicted molar refractivity (Wildman–Crippen MR) is 135 cm³/mol. The fourth-order valence-electron chi connectivity index (χ4n) is 4.32. The Hall–Kier alpha value is -4.24. The van der Waals surface area contributed by atoms with E-state index < -0.39 is 4.92 Å². The molecule has 0 aliphatic carbocycles. The zero-order chi connectivity index (χ0) is 24.4. The van der Waals surface area contributed by atoms with Crippen molar-refractivity contribution < 1.29 is 14.1 Å². The van der Waals surface area contributed by atoms with Crippen LogP contribution in [0.4, 0.5) is 5.69 Å². The number of rotatable bonds is 7. The number of nitro groups is 1. The van der Waals surface area contributed by atoms with Gasteiger partial charge in [0.2, 0.25) is 0 Å². The van der Waals surface area contributed by atoms with Crippen LogP contribution in [0.25, 0.3) is 11.3 Å². The highest BCUT2D eigenvalue weighted by molar-refractivity contribution is 7.80. The minimum Gasteiger partial charge on any atom is -0.496 e. The molecule has 1 N–H and O–H groups in total. The summed E-state index contributed by atoms with van der Waals surface area (Å²) >= 11 is 5.73. The largest absolute Gasteiger partial charge is 0.496 e. The highest BCUT2D eigenvalue weighted by atomic mass is 32.1. The third kappa shape index (κ3) is 4.45. The second kappa shape index (κ2) is 9.55. The molecule has 5 rings (SSSR count). The van der Waals surface area contributed by atoms with Gasteiger partial charge in [-0.15, -0.1) is 0 Å². The zero-order valence-corrected chi connectivity index (χ0v) is 19.6. The van der Waals surface area contributed by atoms with Crippen LogP contribution in [0.2, 0.25) is 0 Å². The maximum atomic E-state index is 11.2. The Morgan fingerprint density at radius 1 is 1.11 bits per heavy atom. The van der Waals surface area contributed by atoms with Crippen LogP contribution in [0.15, 0.2) is 89.5 Å². The van der Waals surface area contributed by atoms with Crippen molar-refractivity contribution in [2.24, 2.45) is 0 Å². The van der Waals surface area contributed by atoms with E-state index in [2.05, 4.69) is 27.3 Å². The van der Waals surface area contributed by atoms with Crippen molar-refractivity contribution in [2.45, 2.75) is 18.6 Å². The Morgan fingerprint density at radius 3 is 2.63 bits per heavy atom. The number of methoxy groups -OCH3 is 1. The Kier molecular flexibility index (Phi) is 6.15. The first-order valence-electron chi connectivity index (χ1n) is 11.0. The van der Waals surface area contributed by atoms with E-state index in [0.29, 0.717) is 34.5 Å². The lowest BCUT2D eigenvalue weighted by Gasteiger charge is -2.26. The van der Waals surface area contributed by atoms with Crippen LogP contribution in [0.3, 0.4) is 0 Å². The Labute approximate surface area is 207 Å². The minimum atomic E-state index is -0.454. The molecule has 0 amide bonds. The van der Waals surface area contributed by atoms with Gasteiger partial charge >= 0.3 is 0 Å². The van der Waals surface area contributed by atoms with E-state index in [1.807, 2.05) is 48.5 Å². The molecule has 0 radical (unpaired) electrons. The van der Waals surface area contributed by atoms with Gasteiger partial charge in [0.1, 0.15) is 23.3 Å². The maximum Gasteiger partial charge on any atom is 0.273 e. The summed E-state index contributed by atoms with van der Waals surface area (Å²) in [7, 11) is 1.48. The van der Waals surface area contributed by atoms with Crippen LogP contribution in [0.5, 0.6) is 5.75 Å². The fourth-order valence-corrected chi connectivity index (χ4v) is 4.62. The number of thiocarbonyl (C=S) groups is 1. The van der Waals surface area contributed by atoms with Crippen LogP contribution in [-0.2, 0) is 6.54 Å². The number of furan rings is 1. The van der Waals surface area contributed by atoms with Gasteiger partial charge in [-0.05, 0) is 48.1 Å². The number of ether oxygens (including phenoxy) is 1. The van der Waals surface area contributed by atoms with Crippen LogP contribution in [-0.4, -0.2) is 27.0 Å². The first kappa shape index (κ1) is 22.5. The second-order valence-electron chi connectivity index (χ2n) is 8.08. The number of benzene rings is 2. The molecule has 2 aromatic heterocycles. The Bertz CT molecular complexity index is 1360. The molecule has 2 atom stereocenters. The molecule has 9 heteroatoms. The molecule has 0 spiro atoms. The van der Waals surface area contributed by atoms with E-state index >= 15 is 0 Å². The highest BCUT2D eigenvalue weighted by Crippen LogP contribution is 2.42. The summed E-state index contributed by atoms with van der Waals surface area (Å²) in [6.07, 6.45) is 1.76. The minimum absolute atomic E-state index is 0.0491. The number of nitrogens with one attached hydrogen (secondary N) is 1. The molecule has 0 saturated carbocycles. The van der Waals surface area contributed by atoms with E-state index in [0.717, 1.165) is 11.3 Å². The second-order valence-corrected chi connectivity index (χ2v) is 8.47. The normalized spacial score (nSPS) is 17.3.